The van der Waals surface area contributed by atoms with Gasteiger partial charge in [-0.05, 0) is 40.8 Å². The first-order valence-corrected chi connectivity index (χ1v) is 9.22. The number of hydrogen-bond donors (Lipinski definition) is 2. The Labute approximate surface area is 160 Å². The van der Waals surface area contributed by atoms with Gasteiger partial charge in [0.1, 0.15) is 18.0 Å². The Kier molecular flexibility index (Phi) is 6.40. The molecule has 0 atom stereocenters. The van der Waals surface area contributed by atoms with Gasteiger partial charge < -0.3 is 20.3 Å². The molecule has 1 amide bonds. The van der Waals surface area contributed by atoms with Crippen LogP contribution in [0.5, 0.6) is 0 Å². The summed E-state index contributed by atoms with van der Waals surface area (Å²) < 4.78 is 6.40. The quantitative estimate of drug-likeness (QED) is 0.513. The van der Waals surface area contributed by atoms with Gasteiger partial charge in [-0.3, -0.25) is 4.79 Å². The van der Waals surface area contributed by atoms with Gasteiger partial charge in [-0.15, -0.1) is 0 Å². The van der Waals surface area contributed by atoms with Gasteiger partial charge in [-0.1, -0.05) is 6.07 Å². The van der Waals surface area contributed by atoms with Crippen LogP contribution in [0.25, 0.3) is 0 Å². The molecular formula is C17H20IN5O2. The number of halogens is 1. The molecule has 0 radical (unpaired) electrons. The number of nitrogens with zero attached hydrogens (tertiary/aromatic N) is 3. The van der Waals surface area contributed by atoms with Gasteiger partial charge >= 0.3 is 0 Å². The Bertz CT molecular complexity index is 722. The molecule has 0 spiro atoms. The van der Waals surface area contributed by atoms with Crippen molar-refractivity contribution in [1.82, 2.24) is 15.3 Å². The topological polar surface area (TPSA) is 79.4 Å². The first-order chi connectivity index (χ1) is 12.2. The van der Waals surface area contributed by atoms with E-state index in [4.69, 9.17) is 4.74 Å². The lowest BCUT2D eigenvalue weighted by Gasteiger charge is -2.27. The van der Waals surface area contributed by atoms with Crippen molar-refractivity contribution >= 4 is 40.1 Å². The van der Waals surface area contributed by atoms with Crippen LogP contribution in [0.15, 0.2) is 36.7 Å². The van der Waals surface area contributed by atoms with Crippen molar-refractivity contribution in [2.24, 2.45) is 0 Å². The third kappa shape index (κ3) is 5.27. The molecule has 2 aromatic rings. The highest BCUT2D eigenvalue weighted by molar-refractivity contribution is 14.1. The molecule has 0 bridgehead atoms. The zero-order valence-corrected chi connectivity index (χ0v) is 15.9. The second-order valence-corrected chi connectivity index (χ2v) is 6.80. The maximum Gasteiger partial charge on any atom is 0.251 e. The van der Waals surface area contributed by atoms with E-state index >= 15 is 0 Å². The number of amides is 1. The molecule has 8 heteroatoms. The molecule has 1 fully saturated rings. The number of hydrogen-bond acceptors (Lipinski definition) is 6. The molecule has 2 heterocycles. The van der Waals surface area contributed by atoms with Crippen molar-refractivity contribution in [3.8, 4) is 0 Å². The SMILES string of the molecule is O=C(NCCNc1cc(N2CCOCC2)ncn1)c1cccc(I)c1. The van der Waals surface area contributed by atoms with Crippen molar-refractivity contribution in [3.05, 3.63) is 45.8 Å². The van der Waals surface area contributed by atoms with Gasteiger partial charge in [0.15, 0.2) is 0 Å². The summed E-state index contributed by atoms with van der Waals surface area (Å²) in [5.74, 6) is 1.57. The molecule has 1 aromatic carbocycles. The highest BCUT2D eigenvalue weighted by Crippen LogP contribution is 2.15. The predicted molar refractivity (Wildman–Crippen MR) is 105 cm³/mol. The third-order valence-corrected chi connectivity index (χ3v) is 4.46. The van der Waals surface area contributed by atoms with Gasteiger partial charge in [0.25, 0.3) is 5.91 Å². The van der Waals surface area contributed by atoms with E-state index in [0.29, 0.717) is 18.7 Å². The molecule has 1 aliphatic heterocycles. The number of ether oxygens (including phenoxy) is 1. The largest absolute Gasteiger partial charge is 0.378 e. The van der Waals surface area contributed by atoms with E-state index in [1.54, 1.807) is 6.33 Å². The minimum atomic E-state index is -0.0722. The fourth-order valence-electron chi connectivity index (χ4n) is 2.51. The van der Waals surface area contributed by atoms with Crippen LogP contribution in [0.3, 0.4) is 0 Å². The van der Waals surface area contributed by atoms with Crippen molar-refractivity contribution < 1.29 is 9.53 Å². The van der Waals surface area contributed by atoms with Crippen molar-refractivity contribution in [2.75, 3.05) is 49.6 Å². The first kappa shape index (κ1) is 17.9. The highest BCUT2D eigenvalue weighted by atomic mass is 127. The van der Waals surface area contributed by atoms with Crippen LogP contribution in [-0.2, 0) is 4.74 Å². The zero-order valence-electron chi connectivity index (χ0n) is 13.7. The number of aromatic nitrogens is 2. The van der Waals surface area contributed by atoms with Crippen LogP contribution >= 0.6 is 22.6 Å². The molecule has 132 valence electrons. The van der Waals surface area contributed by atoms with E-state index in [0.717, 1.165) is 41.5 Å². The lowest BCUT2D eigenvalue weighted by Crippen LogP contribution is -2.36. The minimum absolute atomic E-state index is 0.0722. The van der Waals surface area contributed by atoms with Crippen LogP contribution in [-0.4, -0.2) is 55.3 Å². The van der Waals surface area contributed by atoms with E-state index in [1.807, 2.05) is 30.3 Å². The average molecular weight is 453 g/mol. The number of morpholine rings is 1. The summed E-state index contributed by atoms with van der Waals surface area (Å²) in [6.07, 6.45) is 1.55. The van der Waals surface area contributed by atoms with Crippen LogP contribution in [0.1, 0.15) is 10.4 Å². The Morgan fingerprint density at radius 1 is 1.20 bits per heavy atom. The van der Waals surface area contributed by atoms with Gasteiger partial charge in [-0.2, -0.15) is 0 Å². The van der Waals surface area contributed by atoms with E-state index in [1.165, 1.54) is 0 Å². The second kappa shape index (κ2) is 8.95. The molecule has 25 heavy (non-hydrogen) atoms. The zero-order chi connectivity index (χ0) is 17.5. The summed E-state index contributed by atoms with van der Waals surface area (Å²) in [6, 6.07) is 9.43. The van der Waals surface area contributed by atoms with E-state index < -0.39 is 0 Å². The molecule has 0 aliphatic carbocycles. The van der Waals surface area contributed by atoms with Gasteiger partial charge in [-0.25, -0.2) is 9.97 Å². The minimum Gasteiger partial charge on any atom is -0.378 e. The summed E-state index contributed by atoms with van der Waals surface area (Å²) in [4.78, 5) is 22.8. The third-order valence-electron chi connectivity index (χ3n) is 3.79. The smallest absolute Gasteiger partial charge is 0.251 e. The molecule has 1 aromatic heterocycles. The standard InChI is InChI=1S/C17H20IN5O2/c18-14-3-1-2-13(10-14)17(24)20-5-4-19-15-11-16(22-12-21-15)23-6-8-25-9-7-23/h1-3,10-12H,4-9H2,(H,20,24)(H,19,21,22). The molecule has 1 aliphatic rings. The van der Waals surface area contributed by atoms with E-state index in [9.17, 15) is 4.79 Å². The molecule has 1 saturated heterocycles. The van der Waals surface area contributed by atoms with Gasteiger partial charge in [0, 0.05) is 41.4 Å². The summed E-state index contributed by atoms with van der Waals surface area (Å²) in [5.41, 5.74) is 0.670. The van der Waals surface area contributed by atoms with Crippen LogP contribution in [0.4, 0.5) is 11.6 Å². The van der Waals surface area contributed by atoms with Crippen LogP contribution in [0, 0.1) is 3.57 Å². The highest BCUT2D eigenvalue weighted by Gasteiger charge is 2.13. The average Bonchev–Trinajstić information content (AvgIpc) is 2.66. The van der Waals surface area contributed by atoms with Gasteiger partial charge in [0.05, 0.1) is 13.2 Å². The molecular weight excluding hydrogens is 433 g/mol. The maximum absolute atomic E-state index is 12.1. The monoisotopic (exact) mass is 453 g/mol. The summed E-state index contributed by atoms with van der Waals surface area (Å²) in [7, 11) is 0. The Hall–Kier alpha value is -1.94. The molecule has 0 saturated carbocycles. The fourth-order valence-corrected chi connectivity index (χ4v) is 3.05. The normalized spacial score (nSPS) is 14.2. The lowest BCUT2D eigenvalue weighted by molar-refractivity contribution is 0.0955. The summed E-state index contributed by atoms with van der Waals surface area (Å²) >= 11 is 2.19. The summed E-state index contributed by atoms with van der Waals surface area (Å²) in [6.45, 7) is 4.22. The van der Waals surface area contributed by atoms with E-state index in [-0.39, 0.29) is 5.91 Å². The number of carbonyl (C=O) groups is 1. The Morgan fingerprint density at radius 2 is 2.04 bits per heavy atom. The van der Waals surface area contributed by atoms with Crippen molar-refractivity contribution in [2.45, 2.75) is 0 Å². The van der Waals surface area contributed by atoms with Crippen molar-refractivity contribution in [1.29, 1.82) is 0 Å². The fraction of sp³-hybridized carbons (Fsp3) is 0.353. The number of anilines is 2. The molecule has 3 rings (SSSR count). The molecule has 2 N–H and O–H groups in total. The molecule has 7 nitrogen and oxygen atoms in total. The number of rotatable bonds is 6. The number of nitrogens with one attached hydrogen (secondary N) is 2. The van der Waals surface area contributed by atoms with Gasteiger partial charge in [0.2, 0.25) is 0 Å². The Balaban J connectivity index is 1.46. The first-order valence-electron chi connectivity index (χ1n) is 8.15. The van der Waals surface area contributed by atoms with Crippen LogP contribution in [0.2, 0.25) is 0 Å². The number of benzene rings is 1. The predicted octanol–water partition coefficient (Wildman–Crippen LogP) is 1.76. The second-order valence-electron chi connectivity index (χ2n) is 5.55. The number of carbonyl (C=O) groups excluding carboxylic acids is 1. The van der Waals surface area contributed by atoms with Crippen molar-refractivity contribution in [3.63, 3.8) is 0 Å². The maximum atomic E-state index is 12.1. The lowest BCUT2D eigenvalue weighted by atomic mass is 10.2. The Morgan fingerprint density at radius 3 is 2.84 bits per heavy atom. The van der Waals surface area contributed by atoms with E-state index in [2.05, 4.69) is 48.1 Å². The molecule has 0 unspecified atom stereocenters. The summed E-state index contributed by atoms with van der Waals surface area (Å²) in [5, 5.41) is 6.12. The van der Waals surface area contributed by atoms with Crippen LogP contribution < -0.4 is 15.5 Å².